The summed E-state index contributed by atoms with van der Waals surface area (Å²) in [5.74, 6) is 0. The second-order valence-electron chi connectivity index (χ2n) is 2.60. The van der Waals surface area contributed by atoms with Crippen LogP contribution in [0.4, 0.5) is 0 Å². The van der Waals surface area contributed by atoms with Crippen LogP contribution in [0.5, 0.6) is 0 Å². The summed E-state index contributed by atoms with van der Waals surface area (Å²) in [4.78, 5) is 0. The molecule has 0 saturated carbocycles. The summed E-state index contributed by atoms with van der Waals surface area (Å²) in [5.41, 5.74) is -1.11. The van der Waals surface area contributed by atoms with Crippen molar-refractivity contribution in [1.29, 1.82) is 0 Å². The van der Waals surface area contributed by atoms with Crippen molar-refractivity contribution in [2.24, 2.45) is 5.41 Å². The number of aliphatic hydroxyl groups is 4. The minimum absolute atomic E-state index is 0.406. The van der Waals surface area contributed by atoms with E-state index in [0.29, 0.717) is 0 Å². The highest BCUT2D eigenvalue weighted by Gasteiger charge is 2.26. The lowest BCUT2D eigenvalue weighted by atomic mass is 9.93. The fourth-order valence-corrected chi connectivity index (χ4v) is 0.368. The summed E-state index contributed by atoms with van der Waals surface area (Å²) in [5, 5.41) is 34.0. The molecule has 0 aliphatic carbocycles. The van der Waals surface area contributed by atoms with Gasteiger partial charge >= 0.3 is 0 Å². The Morgan fingerprint density at radius 1 is 0.591 bits per heavy atom. The molecule has 0 aromatic carbocycles. The van der Waals surface area contributed by atoms with E-state index in [0.717, 1.165) is 0 Å². The first-order valence-electron chi connectivity index (χ1n) is 5.97. The molecule has 5 heteroatoms. The standard InChI is InChI=1S/C5H12O4.C4H6O.4C2H4/c6-1-5(2-7,3-8)4-9;1-3-5-4-2;4*1-2/h6-9H,1-4H2;3-4H,1-2H2;4*1-2H2. The molecule has 0 saturated heterocycles. The van der Waals surface area contributed by atoms with E-state index >= 15 is 0 Å². The van der Waals surface area contributed by atoms with Crippen molar-refractivity contribution in [2.45, 2.75) is 0 Å². The molecule has 4 N–H and O–H groups in total. The van der Waals surface area contributed by atoms with Crippen LogP contribution in [0, 0.1) is 5.41 Å². The molecule has 5 nitrogen and oxygen atoms in total. The van der Waals surface area contributed by atoms with E-state index in [1.54, 1.807) is 0 Å². The van der Waals surface area contributed by atoms with Crippen LogP contribution in [-0.4, -0.2) is 46.9 Å². The summed E-state index contributed by atoms with van der Waals surface area (Å²) in [6, 6.07) is 0. The highest BCUT2D eigenvalue weighted by atomic mass is 16.5. The molecule has 0 aliphatic rings. The van der Waals surface area contributed by atoms with Gasteiger partial charge in [-0.3, -0.25) is 0 Å². The van der Waals surface area contributed by atoms with Gasteiger partial charge in [0, 0.05) is 0 Å². The summed E-state index contributed by atoms with van der Waals surface area (Å²) >= 11 is 0. The van der Waals surface area contributed by atoms with Gasteiger partial charge in [-0.2, -0.15) is 0 Å². The molecule has 22 heavy (non-hydrogen) atoms. The second-order valence-corrected chi connectivity index (χ2v) is 2.60. The van der Waals surface area contributed by atoms with Gasteiger partial charge in [-0.25, -0.2) is 0 Å². The van der Waals surface area contributed by atoms with Crippen LogP contribution < -0.4 is 0 Å². The van der Waals surface area contributed by atoms with Crippen molar-refractivity contribution in [3.05, 3.63) is 78.3 Å². The SMILES string of the molecule is C=C.C=C.C=C.C=C.C=COC=C.OCC(CO)(CO)CO. The van der Waals surface area contributed by atoms with Crippen LogP contribution in [0.25, 0.3) is 0 Å². The van der Waals surface area contributed by atoms with E-state index in [2.05, 4.69) is 70.5 Å². The van der Waals surface area contributed by atoms with Crippen LogP contribution in [0.3, 0.4) is 0 Å². The number of aliphatic hydroxyl groups excluding tert-OH is 4. The molecule has 0 bridgehead atoms. The molecule has 0 aromatic heterocycles. The van der Waals surface area contributed by atoms with E-state index in [9.17, 15) is 0 Å². The highest BCUT2D eigenvalue weighted by molar-refractivity contribution is 4.74. The summed E-state index contributed by atoms with van der Waals surface area (Å²) in [7, 11) is 0. The average Bonchev–Trinajstić information content (AvgIpc) is 2.65. The molecule has 0 aromatic rings. The first-order chi connectivity index (χ1) is 10.7. The molecule has 0 heterocycles. The largest absolute Gasteiger partial charge is 0.474 e. The van der Waals surface area contributed by atoms with Crippen LogP contribution >= 0.6 is 0 Å². The summed E-state index contributed by atoms with van der Waals surface area (Å²) in [6.07, 6.45) is 2.62. The lowest BCUT2D eigenvalue weighted by molar-refractivity contribution is -0.0328. The Morgan fingerprint density at radius 3 is 0.773 bits per heavy atom. The first-order valence-corrected chi connectivity index (χ1v) is 5.97. The quantitative estimate of drug-likeness (QED) is 0.446. The lowest BCUT2D eigenvalue weighted by Gasteiger charge is -2.23. The van der Waals surface area contributed by atoms with Gasteiger partial charge in [-0.15, -0.1) is 52.6 Å². The van der Waals surface area contributed by atoms with Crippen LogP contribution in [0.15, 0.2) is 78.3 Å². The molecule has 0 amide bonds. The van der Waals surface area contributed by atoms with Gasteiger partial charge in [-0.1, -0.05) is 13.2 Å². The third kappa shape index (κ3) is 36.1. The second kappa shape index (κ2) is 50.8. The summed E-state index contributed by atoms with van der Waals surface area (Å²) in [6.45, 7) is 28.9. The van der Waals surface area contributed by atoms with E-state index in [1.165, 1.54) is 12.5 Å². The number of ether oxygens (including phenoxy) is 1. The van der Waals surface area contributed by atoms with Crippen molar-refractivity contribution in [2.75, 3.05) is 26.4 Å². The van der Waals surface area contributed by atoms with Crippen molar-refractivity contribution < 1.29 is 25.2 Å². The number of hydrogen-bond donors (Lipinski definition) is 4. The minimum Gasteiger partial charge on any atom is -0.474 e. The Kier molecular flexibility index (Phi) is 85.2. The van der Waals surface area contributed by atoms with Gasteiger partial charge < -0.3 is 25.2 Å². The molecule has 0 atom stereocenters. The first kappa shape index (κ1) is 36.9. The molecule has 0 aliphatic heterocycles. The molecule has 0 unspecified atom stereocenters. The zero-order chi connectivity index (χ0) is 19.4. The maximum atomic E-state index is 8.50. The zero-order valence-corrected chi connectivity index (χ0v) is 13.8. The molecule has 0 spiro atoms. The smallest absolute Gasteiger partial charge is 0.0829 e. The van der Waals surface area contributed by atoms with Gasteiger partial charge in [0.2, 0.25) is 0 Å². The van der Waals surface area contributed by atoms with Crippen LogP contribution in [0.1, 0.15) is 0 Å². The van der Waals surface area contributed by atoms with Crippen molar-refractivity contribution in [3.8, 4) is 0 Å². The zero-order valence-electron chi connectivity index (χ0n) is 13.8. The Hall–Kier alpha value is -1.92. The average molecular weight is 318 g/mol. The lowest BCUT2D eigenvalue weighted by Crippen LogP contribution is -2.37. The van der Waals surface area contributed by atoms with Crippen LogP contribution in [0.2, 0.25) is 0 Å². The Morgan fingerprint density at radius 2 is 0.773 bits per heavy atom. The molecule has 132 valence electrons. The maximum absolute atomic E-state index is 8.50. The van der Waals surface area contributed by atoms with Gasteiger partial charge in [0.05, 0.1) is 44.4 Å². The van der Waals surface area contributed by atoms with E-state index in [-0.39, 0.29) is 0 Å². The molecule has 0 fully saturated rings. The normalized spacial score (nSPS) is 6.91. The third-order valence-corrected chi connectivity index (χ3v) is 1.53. The minimum atomic E-state index is -1.11. The fraction of sp³-hybridized carbons (Fsp3) is 0.294. The van der Waals surface area contributed by atoms with Gasteiger partial charge in [-0.05, 0) is 0 Å². The number of hydrogen-bond acceptors (Lipinski definition) is 5. The van der Waals surface area contributed by atoms with Crippen molar-refractivity contribution in [3.63, 3.8) is 0 Å². The summed E-state index contributed by atoms with van der Waals surface area (Å²) < 4.78 is 4.36. The monoisotopic (exact) mass is 318 g/mol. The van der Waals surface area contributed by atoms with Crippen LogP contribution in [-0.2, 0) is 4.74 Å². The Balaban J connectivity index is -0.0000000420. The molecular weight excluding hydrogens is 284 g/mol. The molecule has 0 radical (unpaired) electrons. The topological polar surface area (TPSA) is 90.2 Å². The molecule has 0 rings (SSSR count). The van der Waals surface area contributed by atoms with Gasteiger partial charge in [0.25, 0.3) is 0 Å². The van der Waals surface area contributed by atoms with E-state index < -0.39 is 31.8 Å². The predicted molar refractivity (Wildman–Crippen MR) is 97.3 cm³/mol. The fourth-order valence-electron chi connectivity index (χ4n) is 0.368. The van der Waals surface area contributed by atoms with Gasteiger partial charge in [0.15, 0.2) is 0 Å². The van der Waals surface area contributed by atoms with Crippen molar-refractivity contribution >= 4 is 0 Å². The Bertz CT molecular complexity index is 160. The predicted octanol–water partition coefficient (Wildman–Crippen LogP) is 2.44. The van der Waals surface area contributed by atoms with Gasteiger partial charge in [0.1, 0.15) is 0 Å². The Labute approximate surface area is 136 Å². The van der Waals surface area contributed by atoms with E-state index in [4.69, 9.17) is 20.4 Å². The molecular formula is C17H34O5. The van der Waals surface area contributed by atoms with Crippen molar-refractivity contribution in [1.82, 2.24) is 0 Å². The highest BCUT2D eigenvalue weighted by Crippen LogP contribution is 2.11. The van der Waals surface area contributed by atoms with E-state index in [1.807, 2.05) is 0 Å². The third-order valence-electron chi connectivity index (χ3n) is 1.53. The number of rotatable bonds is 6. The maximum Gasteiger partial charge on any atom is 0.0829 e.